The lowest BCUT2D eigenvalue weighted by molar-refractivity contribution is -0.170. The van der Waals surface area contributed by atoms with E-state index in [2.05, 4.69) is 4.52 Å². The molecule has 8 N–H and O–H groups in total. The monoisotopic (exact) mass is 364 g/mol. The first-order valence-electron chi connectivity index (χ1n) is 5.62. The summed E-state index contributed by atoms with van der Waals surface area (Å²) in [4.78, 5) is 46.6. The molecule has 0 bridgehead atoms. The maximum Gasteiger partial charge on any atom is 0.469 e. The molecule has 1 atom stereocenters. The highest BCUT2D eigenvalue weighted by Crippen LogP contribution is 2.35. The van der Waals surface area contributed by atoms with Gasteiger partial charge in [-0.2, -0.15) is 0 Å². The minimum absolute atomic E-state index is 0.569. The number of carbonyl (C=O) groups is 3. The number of phosphoric ester groups is 1. The Kier molecular flexibility index (Phi) is 10.5. The first-order valence-corrected chi connectivity index (χ1v) is 7.15. The zero-order chi connectivity index (χ0) is 18.8. The molecule has 0 aromatic carbocycles. The molecule has 0 fully saturated rings. The molecule has 14 heteroatoms. The third kappa shape index (κ3) is 13.8. The van der Waals surface area contributed by atoms with Crippen molar-refractivity contribution in [1.29, 1.82) is 0 Å². The Morgan fingerprint density at radius 3 is 1.65 bits per heavy atom. The average molecular weight is 364 g/mol. The summed E-state index contributed by atoms with van der Waals surface area (Å²) in [6, 6.07) is 0. The lowest BCUT2D eigenvalue weighted by Crippen LogP contribution is -2.42. The number of carboxylic acids is 3. The SMILES string of the molecule is O=C(O)CC(O)(CC(=O)O)C(=O)O.O=P(O)(O)OCC(O)CO. The van der Waals surface area contributed by atoms with Crippen molar-refractivity contribution in [2.24, 2.45) is 0 Å². The second kappa shape index (κ2) is 10.2. The van der Waals surface area contributed by atoms with Crippen molar-refractivity contribution < 1.29 is 63.9 Å². The number of phosphoric acid groups is 1. The van der Waals surface area contributed by atoms with Crippen molar-refractivity contribution in [3.8, 4) is 0 Å². The Labute approximate surface area is 128 Å². The van der Waals surface area contributed by atoms with Crippen molar-refractivity contribution in [2.45, 2.75) is 24.5 Å². The van der Waals surface area contributed by atoms with E-state index in [0.29, 0.717) is 0 Å². The zero-order valence-electron chi connectivity index (χ0n) is 11.5. The third-order valence-electron chi connectivity index (χ3n) is 1.93. The van der Waals surface area contributed by atoms with Gasteiger partial charge in [-0.1, -0.05) is 0 Å². The summed E-state index contributed by atoms with van der Waals surface area (Å²) >= 11 is 0. The fourth-order valence-corrected chi connectivity index (χ4v) is 1.32. The molecule has 0 aliphatic carbocycles. The fourth-order valence-electron chi connectivity index (χ4n) is 0.950. The normalized spacial score (nSPS) is 12.7. The number of aliphatic hydroxyl groups is 3. The van der Waals surface area contributed by atoms with Crippen LogP contribution in [0.4, 0.5) is 0 Å². The molecular weight excluding hydrogens is 347 g/mol. The molecule has 0 rings (SSSR count). The molecule has 0 aromatic heterocycles. The minimum atomic E-state index is -4.50. The van der Waals surface area contributed by atoms with E-state index < -0.39 is 63.5 Å². The number of rotatable bonds is 9. The van der Waals surface area contributed by atoms with Gasteiger partial charge in [-0.25, -0.2) is 9.36 Å². The quantitative estimate of drug-likeness (QED) is 0.193. The number of hydrogen-bond donors (Lipinski definition) is 8. The number of aliphatic carboxylic acids is 3. The van der Waals surface area contributed by atoms with E-state index in [1.807, 2.05) is 0 Å². The van der Waals surface area contributed by atoms with E-state index in [9.17, 15) is 18.9 Å². The minimum Gasteiger partial charge on any atom is -0.481 e. The second-order valence-electron chi connectivity index (χ2n) is 4.10. The van der Waals surface area contributed by atoms with Crippen LogP contribution in [-0.2, 0) is 23.5 Å². The van der Waals surface area contributed by atoms with Crippen molar-refractivity contribution >= 4 is 25.7 Å². The molecule has 0 spiro atoms. The first-order chi connectivity index (χ1) is 10.2. The molecule has 0 amide bonds. The lowest BCUT2D eigenvalue weighted by Gasteiger charge is -2.18. The van der Waals surface area contributed by atoms with Crippen molar-refractivity contribution in [1.82, 2.24) is 0 Å². The maximum atomic E-state index is 10.3. The predicted molar refractivity (Wildman–Crippen MR) is 68.2 cm³/mol. The molecule has 136 valence electrons. The standard InChI is InChI=1S/C6H8O7.C3H9O6P/c7-3(8)1-6(13,5(11)12)2-4(9)10;4-1-3(5)2-9-10(6,7)8/h13H,1-2H2,(H,7,8)(H,9,10)(H,11,12);3-5H,1-2H2,(H2,6,7,8). The van der Waals surface area contributed by atoms with Crippen LogP contribution in [-0.4, -0.2) is 83.3 Å². The van der Waals surface area contributed by atoms with Crippen LogP contribution in [0.1, 0.15) is 12.8 Å². The van der Waals surface area contributed by atoms with Gasteiger partial charge >= 0.3 is 25.7 Å². The van der Waals surface area contributed by atoms with E-state index in [-0.39, 0.29) is 0 Å². The van der Waals surface area contributed by atoms with Crippen molar-refractivity contribution in [2.75, 3.05) is 13.2 Å². The smallest absolute Gasteiger partial charge is 0.469 e. The Bertz CT molecular complexity index is 438. The van der Waals surface area contributed by atoms with E-state index in [4.69, 9.17) is 40.4 Å². The van der Waals surface area contributed by atoms with Gasteiger partial charge in [0.25, 0.3) is 0 Å². The van der Waals surface area contributed by atoms with E-state index in [1.54, 1.807) is 0 Å². The molecule has 23 heavy (non-hydrogen) atoms. The van der Waals surface area contributed by atoms with Gasteiger partial charge in [-0.05, 0) is 0 Å². The molecule has 13 nitrogen and oxygen atoms in total. The summed E-state index contributed by atoms with van der Waals surface area (Å²) in [5.41, 5.74) is -2.74. The highest BCUT2D eigenvalue weighted by molar-refractivity contribution is 7.46. The molecule has 0 saturated carbocycles. The van der Waals surface area contributed by atoms with E-state index in [0.717, 1.165) is 0 Å². The third-order valence-corrected chi connectivity index (χ3v) is 2.42. The molecular formula is C9H17O13P. The van der Waals surface area contributed by atoms with E-state index >= 15 is 0 Å². The summed E-state index contributed by atoms with van der Waals surface area (Å²) < 4.78 is 13.8. The summed E-state index contributed by atoms with van der Waals surface area (Å²) in [5.74, 6) is -5.02. The number of aliphatic hydroxyl groups excluding tert-OH is 2. The molecule has 0 aliphatic heterocycles. The molecule has 0 radical (unpaired) electrons. The van der Waals surface area contributed by atoms with Crippen LogP contribution in [0.3, 0.4) is 0 Å². The predicted octanol–water partition coefficient (Wildman–Crippen LogP) is -2.80. The lowest BCUT2D eigenvalue weighted by atomic mass is 9.96. The van der Waals surface area contributed by atoms with E-state index in [1.165, 1.54) is 0 Å². The highest BCUT2D eigenvalue weighted by Gasteiger charge is 2.40. The van der Waals surface area contributed by atoms with Crippen LogP contribution in [0.15, 0.2) is 0 Å². The van der Waals surface area contributed by atoms with Gasteiger partial charge in [-0.3, -0.25) is 14.1 Å². The summed E-state index contributed by atoms with van der Waals surface area (Å²) in [5, 5.41) is 50.5. The van der Waals surface area contributed by atoms with Crippen molar-refractivity contribution in [3.63, 3.8) is 0 Å². The van der Waals surface area contributed by atoms with Gasteiger partial charge in [0, 0.05) is 0 Å². The van der Waals surface area contributed by atoms with Crippen LogP contribution < -0.4 is 0 Å². The highest BCUT2D eigenvalue weighted by atomic mass is 31.2. The van der Waals surface area contributed by atoms with Gasteiger partial charge in [0.15, 0.2) is 5.60 Å². The molecule has 1 unspecified atom stereocenters. The fraction of sp³-hybridized carbons (Fsp3) is 0.667. The molecule has 0 aromatic rings. The Morgan fingerprint density at radius 2 is 1.43 bits per heavy atom. The first kappa shape index (κ1) is 23.7. The summed E-state index contributed by atoms with van der Waals surface area (Å²) in [7, 11) is -4.50. The molecule has 0 heterocycles. The summed E-state index contributed by atoms with van der Waals surface area (Å²) in [6.07, 6.45) is -3.53. The van der Waals surface area contributed by atoms with Crippen LogP contribution >= 0.6 is 7.82 Å². The number of carboxylic acid groups (broad SMARTS) is 3. The Hall–Kier alpha value is -1.60. The van der Waals surface area contributed by atoms with Crippen LogP contribution in [0, 0.1) is 0 Å². The van der Waals surface area contributed by atoms with Gasteiger partial charge in [0.05, 0.1) is 26.1 Å². The second-order valence-corrected chi connectivity index (χ2v) is 5.34. The van der Waals surface area contributed by atoms with Gasteiger partial charge in [-0.15, -0.1) is 0 Å². The van der Waals surface area contributed by atoms with Gasteiger partial charge < -0.3 is 40.4 Å². The van der Waals surface area contributed by atoms with Gasteiger partial charge in [0.2, 0.25) is 0 Å². The van der Waals surface area contributed by atoms with Gasteiger partial charge in [0.1, 0.15) is 6.10 Å². The molecule has 0 aliphatic rings. The van der Waals surface area contributed by atoms with Crippen LogP contribution in [0.5, 0.6) is 0 Å². The summed E-state index contributed by atoms with van der Waals surface area (Å²) in [6.45, 7) is -1.15. The van der Waals surface area contributed by atoms with Crippen LogP contribution in [0.2, 0.25) is 0 Å². The Balaban J connectivity index is 0. The molecule has 0 saturated heterocycles. The zero-order valence-corrected chi connectivity index (χ0v) is 12.4. The number of hydrogen-bond acceptors (Lipinski definition) is 8. The largest absolute Gasteiger partial charge is 0.481 e. The average Bonchev–Trinajstić information content (AvgIpc) is 2.33. The Morgan fingerprint density at radius 1 is 1.04 bits per heavy atom. The maximum absolute atomic E-state index is 10.3. The van der Waals surface area contributed by atoms with Crippen LogP contribution in [0.25, 0.3) is 0 Å². The van der Waals surface area contributed by atoms with Crippen molar-refractivity contribution in [3.05, 3.63) is 0 Å². The topological polar surface area (TPSA) is 239 Å².